The van der Waals surface area contributed by atoms with Crippen LogP contribution in [-0.2, 0) is 5.88 Å². The number of halogens is 2. The van der Waals surface area contributed by atoms with Crippen molar-refractivity contribution in [1.82, 2.24) is 0 Å². The third-order valence-electron chi connectivity index (χ3n) is 3.76. The van der Waals surface area contributed by atoms with Gasteiger partial charge in [0.05, 0.1) is 0 Å². The molecule has 1 unspecified atom stereocenters. The molecule has 1 aliphatic rings. The molecule has 0 aromatic heterocycles. The number of hydrogen-bond donors (Lipinski definition) is 0. The number of benzene rings is 1. The Morgan fingerprint density at radius 1 is 1.39 bits per heavy atom. The van der Waals surface area contributed by atoms with Crippen LogP contribution < -0.4 is 4.90 Å². The van der Waals surface area contributed by atoms with Gasteiger partial charge < -0.3 is 4.90 Å². The SMILES string of the molecule is CCCC1CCCCN1c1ccc(CCl)c(Br)c1. The summed E-state index contributed by atoms with van der Waals surface area (Å²) in [5.74, 6) is 0.569. The fraction of sp³-hybridized carbons (Fsp3) is 0.600. The maximum atomic E-state index is 5.91. The summed E-state index contributed by atoms with van der Waals surface area (Å²) < 4.78 is 1.14. The molecule has 1 heterocycles. The van der Waals surface area contributed by atoms with Crippen LogP contribution in [0.1, 0.15) is 44.6 Å². The van der Waals surface area contributed by atoms with E-state index in [4.69, 9.17) is 11.6 Å². The Morgan fingerprint density at radius 3 is 2.89 bits per heavy atom. The van der Waals surface area contributed by atoms with Gasteiger partial charge in [-0.25, -0.2) is 0 Å². The van der Waals surface area contributed by atoms with E-state index in [-0.39, 0.29) is 0 Å². The number of hydrogen-bond acceptors (Lipinski definition) is 1. The van der Waals surface area contributed by atoms with Gasteiger partial charge in [-0.3, -0.25) is 0 Å². The topological polar surface area (TPSA) is 3.24 Å². The highest BCUT2D eigenvalue weighted by atomic mass is 79.9. The average Bonchev–Trinajstić information content (AvgIpc) is 2.40. The van der Waals surface area contributed by atoms with Crippen LogP contribution in [0.4, 0.5) is 5.69 Å². The number of anilines is 1. The molecule has 0 aliphatic carbocycles. The lowest BCUT2D eigenvalue weighted by molar-refractivity contribution is 0.435. The first-order chi connectivity index (χ1) is 8.76. The van der Waals surface area contributed by atoms with Gasteiger partial charge in [0.2, 0.25) is 0 Å². The molecular formula is C15H21BrClN. The molecule has 0 amide bonds. The van der Waals surface area contributed by atoms with E-state index in [1.807, 2.05) is 0 Å². The maximum absolute atomic E-state index is 5.91. The van der Waals surface area contributed by atoms with Crippen LogP contribution in [-0.4, -0.2) is 12.6 Å². The predicted molar refractivity (Wildman–Crippen MR) is 83.6 cm³/mol. The van der Waals surface area contributed by atoms with Gasteiger partial charge in [-0.1, -0.05) is 35.3 Å². The Morgan fingerprint density at radius 2 is 2.22 bits per heavy atom. The van der Waals surface area contributed by atoms with Crippen molar-refractivity contribution in [2.24, 2.45) is 0 Å². The molecule has 1 fully saturated rings. The van der Waals surface area contributed by atoms with Crippen molar-refractivity contribution >= 4 is 33.2 Å². The van der Waals surface area contributed by atoms with Crippen molar-refractivity contribution in [3.05, 3.63) is 28.2 Å². The predicted octanol–water partition coefficient (Wildman–Crippen LogP) is 5.35. The second kappa shape index (κ2) is 6.81. The Hall–Kier alpha value is -0.210. The van der Waals surface area contributed by atoms with Crippen molar-refractivity contribution in [2.75, 3.05) is 11.4 Å². The lowest BCUT2D eigenvalue weighted by Crippen LogP contribution is -2.39. The lowest BCUT2D eigenvalue weighted by Gasteiger charge is -2.38. The van der Waals surface area contributed by atoms with Crippen LogP contribution in [0.2, 0.25) is 0 Å². The standard InChI is InChI=1S/C15H21BrClN/c1-2-5-13-6-3-4-9-18(13)14-8-7-12(11-17)15(16)10-14/h7-8,10,13H,2-6,9,11H2,1H3. The third kappa shape index (κ3) is 3.21. The summed E-state index contributed by atoms with van der Waals surface area (Å²) >= 11 is 9.53. The van der Waals surface area contributed by atoms with Crippen molar-refractivity contribution in [1.29, 1.82) is 0 Å². The molecule has 0 radical (unpaired) electrons. The highest BCUT2D eigenvalue weighted by molar-refractivity contribution is 9.10. The van der Waals surface area contributed by atoms with Crippen LogP contribution >= 0.6 is 27.5 Å². The van der Waals surface area contributed by atoms with Crippen molar-refractivity contribution in [3.8, 4) is 0 Å². The molecule has 0 spiro atoms. The van der Waals surface area contributed by atoms with Gasteiger partial charge in [0.25, 0.3) is 0 Å². The van der Waals surface area contributed by atoms with Gasteiger partial charge in [-0.15, -0.1) is 11.6 Å². The van der Waals surface area contributed by atoms with Crippen LogP contribution in [0.3, 0.4) is 0 Å². The van der Waals surface area contributed by atoms with Gasteiger partial charge >= 0.3 is 0 Å². The molecule has 1 aromatic carbocycles. The monoisotopic (exact) mass is 329 g/mol. The minimum Gasteiger partial charge on any atom is -0.369 e. The Kier molecular flexibility index (Phi) is 5.38. The molecule has 1 aromatic rings. The largest absolute Gasteiger partial charge is 0.369 e. The second-order valence-electron chi connectivity index (χ2n) is 5.04. The number of alkyl halides is 1. The maximum Gasteiger partial charge on any atom is 0.0485 e. The summed E-state index contributed by atoms with van der Waals surface area (Å²) in [6, 6.07) is 7.31. The van der Waals surface area contributed by atoms with E-state index in [0.717, 1.165) is 10.5 Å². The zero-order valence-electron chi connectivity index (χ0n) is 11.0. The minimum absolute atomic E-state index is 0.569. The van der Waals surface area contributed by atoms with E-state index in [1.165, 1.54) is 49.9 Å². The van der Waals surface area contributed by atoms with Gasteiger partial charge in [0.15, 0.2) is 0 Å². The Labute approximate surface area is 124 Å². The molecule has 1 nitrogen and oxygen atoms in total. The smallest absolute Gasteiger partial charge is 0.0485 e. The molecule has 1 saturated heterocycles. The summed E-state index contributed by atoms with van der Waals surface area (Å²) in [6.07, 6.45) is 6.59. The summed E-state index contributed by atoms with van der Waals surface area (Å²) in [6.45, 7) is 3.47. The summed E-state index contributed by atoms with van der Waals surface area (Å²) in [5, 5.41) is 0. The number of piperidine rings is 1. The molecule has 1 aliphatic heterocycles. The first-order valence-corrected chi connectivity index (χ1v) is 8.20. The zero-order chi connectivity index (χ0) is 13.0. The second-order valence-corrected chi connectivity index (χ2v) is 6.16. The average molecular weight is 331 g/mol. The van der Waals surface area contributed by atoms with E-state index < -0.39 is 0 Å². The van der Waals surface area contributed by atoms with Gasteiger partial charge in [-0.2, -0.15) is 0 Å². The van der Waals surface area contributed by atoms with Gasteiger partial charge in [0, 0.05) is 28.6 Å². The molecule has 3 heteroatoms. The number of nitrogens with zero attached hydrogens (tertiary/aromatic N) is 1. The Balaban J connectivity index is 2.19. The van der Waals surface area contributed by atoms with Crippen molar-refractivity contribution < 1.29 is 0 Å². The fourth-order valence-electron chi connectivity index (χ4n) is 2.80. The molecule has 0 saturated carbocycles. The molecule has 0 bridgehead atoms. The molecule has 0 N–H and O–H groups in total. The Bertz CT molecular complexity index is 392. The summed E-state index contributed by atoms with van der Waals surface area (Å²) in [4.78, 5) is 2.58. The van der Waals surface area contributed by atoms with Crippen LogP contribution in [0.5, 0.6) is 0 Å². The van der Waals surface area contributed by atoms with Crippen LogP contribution in [0.25, 0.3) is 0 Å². The molecule has 18 heavy (non-hydrogen) atoms. The lowest BCUT2D eigenvalue weighted by atomic mass is 9.97. The fourth-order valence-corrected chi connectivity index (χ4v) is 3.70. The van der Waals surface area contributed by atoms with E-state index in [2.05, 4.69) is 46.0 Å². The number of rotatable bonds is 4. The minimum atomic E-state index is 0.569. The van der Waals surface area contributed by atoms with Crippen LogP contribution in [0, 0.1) is 0 Å². The normalized spacial score (nSPS) is 20.2. The highest BCUT2D eigenvalue weighted by Crippen LogP contribution is 2.31. The summed E-state index contributed by atoms with van der Waals surface area (Å²) in [5.41, 5.74) is 2.51. The molecular weight excluding hydrogens is 310 g/mol. The highest BCUT2D eigenvalue weighted by Gasteiger charge is 2.22. The molecule has 1 atom stereocenters. The van der Waals surface area contributed by atoms with Crippen molar-refractivity contribution in [2.45, 2.75) is 50.9 Å². The quantitative estimate of drug-likeness (QED) is 0.673. The molecule has 2 rings (SSSR count). The zero-order valence-corrected chi connectivity index (χ0v) is 13.3. The first kappa shape index (κ1) is 14.2. The van der Waals surface area contributed by atoms with Gasteiger partial charge in [0.1, 0.15) is 0 Å². The van der Waals surface area contributed by atoms with Gasteiger partial charge in [-0.05, 0) is 43.4 Å². The van der Waals surface area contributed by atoms with E-state index in [9.17, 15) is 0 Å². The first-order valence-electron chi connectivity index (χ1n) is 6.87. The van der Waals surface area contributed by atoms with E-state index in [0.29, 0.717) is 5.88 Å². The molecule has 100 valence electrons. The summed E-state index contributed by atoms with van der Waals surface area (Å²) in [7, 11) is 0. The van der Waals surface area contributed by atoms with E-state index in [1.54, 1.807) is 0 Å². The van der Waals surface area contributed by atoms with E-state index >= 15 is 0 Å². The third-order valence-corrected chi connectivity index (χ3v) is 4.79. The van der Waals surface area contributed by atoms with Crippen LogP contribution in [0.15, 0.2) is 22.7 Å². The van der Waals surface area contributed by atoms with Crippen molar-refractivity contribution in [3.63, 3.8) is 0 Å².